The predicted octanol–water partition coefficient (Wildman–Crippen LogP) is 3.45. The summed E-state index contributed by atoms with van der Waals surface area (Å²) in [5.41, 5.74) is 3.45. The Morgan fingerprint density at radius 1 is 1.13 bits per heavy atom. The van der Waals surface area contributed by atoms with Crippen molar-refractivity contribution in [2.45, 2.75) is 45.4 Å². The van der Waals surface area contributed by atoms with Gasteiger partial charge in [0.05, 0.1) is 11.8 Å². The van der Waals surface area contributed by atoms with E-state index in [2.05, 4.69) is 36.9 Å². The fourth-order valence-electron chi connectivity index (χ4n) is 3.32. The molecule has 2 aromatic rings. The van der Waals surface area contributed by atoms with Crippen LogP contribution in [-0.2, 0) is 16.4 Å². The Kier molecular flexibility index (Phi) is 4.52. The maximum atomic E-state index is 12.0. The van der Waals surface area contributed by atoms with Crippen molar-refractivity contribution >= 4 is 20.8 Å². The summed E-state index contributed by atoms with van der Waals surface area (Å²) in [6.45, 7) is 8.33. The van der Waals surface area contributed by atoms with Gasteiger partial charge in [0.1, 0.15) is 11.3 Å². The molecule has 0 N–H and O–H groups in total. The van der Waals surface area contributed by atoms with Gasteiger partial charge in [-0.3, -0.25) is 4.90 Å². The van der Waals surface area contributed by atoms with Crippen LogP contribution in [0.3, 0.4) is 0 Å². The first-order valence-electron chi connectivity index (χ1n) is 8.32. The summed E-state index contributed by atoms with van der Waals surface area (Å²) >= 11 is 0. The van der Waals surface area contributed by atoms with Gasteiger partial charge in [-0.25, -0.2) is 8.42 Å². The molecule has 0 atom stereocenters. The number of piperidine rings is 1. The Hall–Kier alpha value is -1.33. The summed E-state index contributed by atoms with van der Waals surface area (Å²) in [5.74, 6) is 1.21. The maximum Gasteiger partial charge on any atom is 0.152 e. The molecule has 0 unspecified atom stereocenters. The molecule has 5 heteroatoms. The van der Waals surface area contributed by atoms with Crippen molar-refractivity contribution < 1.29 is 12.8 Å². The highest BCUT2D eigenvalue weighted by Gasteiger charge is 2.28. The molecule has 0 amide bonds. The van der Waals surface area contributed by atoms with E-state index in [1.165, 1.54) is 11.1 Å². The standard InChI is InChI=1S/C18H25NO3S/c1-4-23(20,21)17-5-7-19(8-6-17)12-16-11-15-9-13(2)14(3)10-18(15)22-16/h9-11,17H,4-8,12H2,1-3H3. The molecule has 0 radical (unpaired) electrons. The number of rotatable bonds is 4. The number of hydrogen-bond acceptors (Lipinski definition) is 4. The van der Waals surface area contributed by atoms with E-state index in [1.807, 2.05) is 0 Å². The zero-order valence-electron chi connectivity index (χ0n) is 14.1. The number of hydrogen-bond donors (Lipinski definition) is 0. The van der Waals surface area contributed by atoms with Crippen molar-refractivity contribution in [2.75, 3.05) is 18.8 Å². The Labute approximate surface area is 138 Å². The predicted molar refractivity (Wildman–Crippen MR) is 93.4 cm³/mol. The van der Waals surface area contributed by atoms with Crippen molar-refractivity contribution in [1.29, 1.82) is 0 Å². The van der Waals surface area contributed by atoms with E-state index in [0.717, 1.165) is 49.2 Å². The quantitative estimate of drug-likeness (QED) is 0.859. The second-order valence-corrected chi connectivity index (χ2v) is 9.18. The van der Waals surface area contributed by atoms with E-state index >= 15 is 0 Å². The fraction of sp³-hybridized carbons (Fsp3) is 0.556. The molecule has 2 heterocycles. The average molecular weight is 335 g/mol. The minimum absolute atomic E-state index is 0.162. The first kappa shape index (κ1) is 16.5. The van der Waals surface area contributed by atoms with Gasteiger partial charge >= 0.3 is 0 Å². The van der Waals surface area contributed by atoms with Crippen LogP contribution in [-0.4, -0.2) is 37.4 Å². The molecule has 126 valence electrons. The summed E-state index contributed by atoms with van der Waals surface area (Å²) in [5, 5.41) is 0.983. The third-order valence-electron chi connectivity index (χ3n) is 5.01. The Balaban J connectivity index is 1.67. The zero-order valence-corrected chi connectivity index (χ0v) is 14.9. The highest BCUT2D eigenvalue weighted by atomic mass is 32.2. The molecule has 0 aliphatic carbocycles. The molecule has 1 saturated heterocycles. The topological polar surface area (TPSA) is 50.5 Å². The highest BCUT2D eigenvalue weighted by Crippen LogP contribution is 2.25. The van der Waals surface area contributed by atoms with Crippen LogP contribution in [0.2, 0.25) is 0 Å². The van der Waals surface area contributed by atoms with Crippen molar-refractivity contribution in [3.8, 4) is 0 Å². The molecule has 1 aliphatic rings. The van der Waals surface area contributed by atoms with E-state index in [9.17, 15) is 8.42 Å². The summed E-state index contributed by atoms with van der Waals surface area (Å²) < 4.78 is 29.9. The lowest BCUT2D eigenvalue weighted by Crippen LogP contribution is -2.39. The highest BCUT2D eigenvalue weighted by molar-refractivity contribution is 7.92. The second kappa shape index (κ2) is 6.29. The molecule has 1 aliphatic heterocycles. The molecule has 4 nitrogen and oxygen atoms in total. The van der Waals surface area contributed by atoms with Gasteiger partial charge in [0.25, 0.3) is 0 Å². The molecule has 3 rings (SSSR count). The number of fused-ring (bicyclic) bond motifs is 1. The molecular formula is C18H25NO3S. The smallest absolute Gasteiger partial charge is 0.152 e. The van der Waals surface area contributed by atoms with Crippen molar-refractivity contribution in [2.24, 2.45) is 0 Å². The number of benzene rings is 1. The van der Waals surface area contributed by atoms with Gasteiger partial charge in [0, 0.05) is 11.1 Å². The minimum Gasteiger partial charge on any atom is -0.460 e. The monoisotopic (exact) mass is 335 g/mol. The maximum absolute atomic E-state index is 12.0. The molecule has 0 spiro atoms. The molecule has 1 fully saturated rings. The van der Waals surface area contributed by atoms with Crippen molar-refractivity contribution in [3.63, 3.8) is 0 Å². The fourth-order valence-corrected chi connectivity index (χ4v) is 4.72. The van der Waals surface area contributed by atoms with Gasteiger partial charge in [-0.05, 0) is 69.1 Å². The second-order valence-electron chi connectivity index (χ2n) is 6.61. The molecule has 1 aromatic carbocycles. The molecule has 0 bridgehead atoms. The largest absolute Gasteiger partial charge is 0.460 e. The van der Waals surface area contributed by atoms with Gasteiger partial charge in [-0.15, -0.1) is 0 Å². The lowest BCUT2D eigenvalue weighted by atomic mass is 10.1. The normalized spacial score (nSPS) is 17.9. The zero-order chi connectivity index (χ0) is 16.6. The SMILES string of the molecule is CCS(=O)(=O)C1CCN(Cc2cc3cc(C)c(C)cc3o2)CC1. The van der Waals surface area contributed by atoms with Gasteiger partial charge in [0.15, 0.2) is 9.84 Å². The number of aryl methyl sites for hydroxylation is 2. The van der Waals surface area contributed by atoms with Gasteiger partial charge in [0.2, 0.25) is 0 Å². The molecule has 1 aromatic heterocycles. The third-order valence-corrected chi connectivity index (χ3v) is 7.30. The Morgan fingerprint density at radius 3 is 2.43 bits per heavy atom. The third kappa shape index (κ3) is 3.45. The van der Waals surface area contributed by atoms with Crippen LogP contribution in [0, 0.1) is 13.8 Å². The van der Waals surface area contributed by atoms with E-state index in [4.69, 9.17) is 4.42 Å². The minimum atomic E-state index is -2.90. The van der Waals surface area contributed by atoms with Crippen LogP contribution in [0.5, 0.6) is 0 Å². The average Bonchev–Trinajstić information content (AvgIpc) is 2.89. The van der Waals surface area contributed by atoms with E-state index < -0.39 is 9.84 Å². The van der Waals surface area contributed by atoms with Crippen LogP contribution in [0.4, 0.5) is 0 Å². The first-order valence-corrected chi connectivity index (χ1v) is 10.0. The van der Waals surface area contributed by atoms with Crippen molar-refractivity contribution in [1.82, 2.24) is 4.90 Å². The van der Waals surface area contributed by atoms with Gasteiger partial charge < -0.3 is 4.42 Å². The Bertz CT molecular complexity index is 760. The van der Waals surface area contributed by atoms with E-state index in [0.29, 0.717) is 0 Å². The Morgan fingerprint density at radius 2 is 1.78 bits per heavy atom. The number of furan rings is 1. The summed E-state index contributed by atoms with van der Waals surface area (Å²) in [6.07, 6.45) is 1.46. The number of likely N-dealkylation sites (tertiary alicyclic amines) is 1. The van der Waals surface area contributed by atoms with Crippen LogP contribution in [0.1, 0.15) is 36.7 Å². The summed E-state index contributed by atoms with van der Waals surface area (Å²) in [7, 11) is -2.90. The van der Waals surface area contributed by atoms with Gasteiger partial charge in [-0.2, -0.15) is 0 Å². The van der Waals surface area contributed by atoms with E-state index in [-0.39, 0.29) is 11.0 Å². The number of sulfone groups is 1. The molecule has 23 heavy (non-hydrogen) atoms. The van der Waals surface area contributed by atoms with Gasteiger partial charge in [-0.1, -0.05) is 6.92 Å². The summed E-state index contributed by atoms with van der Waals surface area (Å²) in [4.78, 5) is 2.29. The van der Waals surface area contributed by atoms with Crippen molar-refractivity contribution in [3.05, 3.63) is 35.1 Å². The lowest BCUT2D eigenvalue weighted by molar-refractivity contribution is 0.208. The van der Waals surface area contributed by atoms with E-state index in [1.54, 1.807) is 6.92 Å². The summed E-state index contributed by atoms with van der Waals surface area (Å²) in [6, 6.07) is 6.36. The van der Waals surface area contributed by atoms with Crippen LogP contribution in [0.15, 0.2) is 22.6 Å². The van der Waals surface area contributed by atoms with Crippen LogP contribution >= 0.6 is 0 Å². The lowest BCUT2D eigenvalue weighted by Gasteiger charge is -2.30. The number of nitrogens with zero attached hydrogens (tertiary/aromatic N) is 1. The first-order chi connectivity index (χ1) is 10.9. The molecule has 0 saturated carbocycles. The van der Waals surface area contributed by atoms with Crippen LogP contribution in [0.25, 0.3) is 11.0 Å². The van der Waals surface area contributed by atoms with Crippen LogP contribution < -0.4 is 0 Å². The molecular weight excluding hydrogens is 310 g/mol.